The van der Waals surface area contributed by atoms with Gasteiger partial charge < -0.3 is 5.11 Å². The zero-order chi connectivity index (χ0) is 11.7. The van der Waals surface area contributed by atoms with Crippen LogP contribution in [0.4, 0.5) is 4.39 Å². The first kappa shape index (κ1) is 10.6. The first-order valence-corrected chi connectivity index (χ1v) is 4.99. The van der Waals surface area contributed by atoms with E-state index in [4.69, 9.17) is 5.11 Å². The van der Waals surface area contributed by atoms with Gasteiger partial charge in [0.1, 0.15) is 5.82 Å². The minimum atomic E-state index is -0.986. The van der Waals surface area contributed by atoms with Crippen molar-refractivity contribution in [3.63, 3.8) is 0 Å². The van der Waals surface area contributed by atoms with Gasteiger partial charge in [0.2, 0.25) is 0 Å². The largest absolute Gasteiger partial charge is 0.481 e. The van der Waals surface area contributed by atoms with Gasteiger partial charge in [0.15, 0.2) is 0 Å². The van der Waals surface area contributed by atoms with Crippen LogP contribution in [-0.4, -0.2) is 20.9 Å². The number of aryl methyl sites for hydroxylation is 1. The number of benzene rings is 1. The Labute approximate surface area is 91.3 Å². The molecule has 16 heavy (non-hydrogen) atoms. The highest BCUT2D eigenvalue weighted by Crippen LogP contribution is 2.22. The Morgan fingerprint density at radius 3 is 2.94 bits per heavy atom. The monoisotopic (exact) mass is 222 g/mol. The second kappa shape index (κ2) is 3.92. The Bertz CT molecular complexity index is 548. The molecule has 2 aromatic rings. The molecule has 0 fully saturated rings. The van der Waals surface area contributed by atoms with E-state index < -0.39 is 11.8 Å². The molecule has 0 spiro atoms. The summed E-state index contributed by atoms with van der Waals surface area (Å²) in [4.78, 5) is 10.7. The fourth-order valence-corrected chi connectivity index (χ4v) is 1.79. The van der Waals surface area contributed by atoms with Crippen LogP contribution in [0, 0.1) is 5.82 Å². The maximum Gasteiger partial charge on any atom is 0.309 e. The molecule has 4 nitrogen and oxygen atoms in total. The van der Waals surface area contributed by atoms with Gasteiger partial charge in [-0.3, -0.25) is 9.48 Å². The zero-order valence-corrected chi connectivity index (χ0v) is 8.77. The Kier molecular flexibility index (Phi) is 2.60. The molecule has 1 N–H and O–H groups in total. The summed E-state index contributed by atoms with van der Waals surface area (Å²) in [6.07, 6.45) is -0.217. The number of hydrogen-bond acceptors (Lipinski definition) is 2. The van der Waals surface area contributed by atoms with Crippen LogP contribution >= 0.6 is 0 Å². The molecule has 1 aromatic heterocycles. The van der Waals surface area contributed by atoms with Gasteiger partial charge in [-0.05, 0) is 19.1 Å². The zero-order valence-electron chi connectivity index (χ0n) is 8.77. The van der Waals surface area contributed by atoms with E-state index in [0.717, 1.165) is 0 Å². The van der Waals surface area contributed by atoms with Gasteiger partial charge >= 0.3 is 5.97 Å². The molecule has 5 heteroatoms. The van der Waals surface area contributed by atoms with E-state index >= 15 is 0 Å². The van der Waals surface area contributed by atoms with E-state index in [1.807, 2.05) is 6.92 Å². The summed E-state index contributed by atoms with van der Waals surface area (Å²) in [6.45, 7) is 2.37. The average Bonchev–Trinajstić information content (AvgIpc) is 2.57. The van der Waals surface area contributed by atoms with Crippen LogP contribution in [0.1, 0.15) is 12.6 Å². The highest BCUT2D eigenvalue weighted by molar-refractivity contribution is 5.85. The first-order valence-electron chi connectivity index (χ1n) is 4.99. The van der Waals surface area contributed by atoms with E-state index in [2.05, 4.69) is 5.10 Å². The Hall–Kier alpha value is -1.91. The lowest BCUT2D eigenvalue weighted by molar-refractivity contribution is -0.136. The van der Waals surface area contributed by atoms with Gasteiger partial charge in [-0.1, -0.05) is 6.07 Å². The summed E-state index contributed by atoms with van der Waals surface area (Å²) in [5.74, 6) is -1.41. The van der Waals surface area contributed by atoms with Crippen LogP contribution in [-0.2, 0) is 17.8 Å². The van der Waals surface area contributed by atoms with Crippen molar-refractivity contribution in [1.29, 1.82) is 0 Å². The summed E-state index contributed by atoms with van der Waals surface area (Å²) >= 11 is 0. The quantitative estimate of drug-likeness (QED) is 0.861. The normalized spacial score (nSPS) is 10.9. The lowest BCUT2D eigenvalue weighted by atomic mass is 10.1. The highest BCUT2D eigenvalue weighted by Gasteiger charge is 2.16. The maximum atomic E-state index is 13.6. The predicted molar refractivity (Wildman–Crippen MR) is 56.7 cm³/mol. The molecular weight excluding hydrogens is 211 g/mol. The summed E-state index contributed by atoms with van der Waals surface area (Å²) in [6, 6.07) is 4.56. The summed E-state index contributed by atoms with van der Waals surface area (Å²) < 4.78 is 15.1. The van der Waals surface area contributed by atoms with Crippen LogP contribution in [0.5, 0.6) is 0 Å². The van der Waals surface area contributed by atoms with Gasteiger partial charge in [-0.2, -0.15) is 5.10 Å². The number of hydrogen-bond donors (Lipinski definition) is 1. The van der Waals surface area contributed by atoms with Crippen molar-refractivity contribution in [3.05, 3.63) is 29.7 Å². The van der Waals surface area contributed by atoms with E-state index in [-0.39, 0.29) is 6.42 Å². The number of halogens is 1. The fraction of sp³-hybridized carbons (Fsp3) is 0.273. The Morgan fingerprint density at radius 1 is 1.56 bits per heavy atom. The summed E-state index contributed by atoms with van der Waals surface area (Å²) in [7, 11) is 0. The lowest BCUT2D eigenvalue weighted by Crippen LogP contribution is -2.08. The minimum Gasteiger partial charge on any atom is -0.481 e. The number of carboxylic acid groups (broad SMARTS) is 1. The van der Waals surface area contributed by atoms with Gasteiger partial charge in [-0.25, -0.2) is 4.39 Å². The van der Waals surface area contributed by atoms with Gasteiger partial charge in [-0.15, -0.1) is 0 Å². The second-order valence-electron chi connectivity index (χ2n) is 3.47. The SMILES string of the molecule is CCn1nc2cccc(F)c2c1CC(=O)O. The lowest BCUT2D eigenvalue weighted by Gasteiger charge is -2.01. The van der Waals surface area contributed by atoms with Crippen molar-refractivity contribution in [2.75, 3.05) is 0 Å². The number of carboxylic acids is 1. The van der Waals surface area contributed by atoms with Crippen molar-refractivity contribution >= 4 is 16.9 Å². The average molecular weight is 222 g/mol. The smallest absolute Gasteiger partial charge is 0.309 e. The minimum absolute atomic E-state index is 0.217. The van der Waals surface area contributed by atoms with Gasteiger partial charge in [0, 0.05) is 6.54 Å². The Morgan fingerprint density at radius 2 is 2.31 bits per heavy atom. The molecule has 0 aliphatic rings. The van der Waals surface area contributed by atoms with Crippen molar-refractivity contribution in [1.82, 2.24) is 9.78 Å². The number of fused-ring (bicyclic) bond motifs is 1. The molecule has 0 amide bonds. The molecule has 0 aliphatic carbocycles. The molecule has 2 rings (SSSR count). The molecule has 1 aromatic carbocycles. The third kappa shape index (κ3) is 1.64. The molecule has 84 valence electrons. The topological polar surface area (TPSA) is 55.1 Å². The van der Waals surface area contributed by atoms with Crippen molar-refractivity contribution in [3.8, 4) is 0 Å². The number of nitrogens with zero attached hydrogens (tertiary/aromatic N) is 2. The molecule has 0 aliphatic heterocycles. The fourth-order valence-electron chi connectivity index (χ4n) is 1.79. The van der Waals surface area contributed by atoms with E-state index in [1.165, 1.54) is 10.7 Å². The summed E-state index contributed by atoms with van der Waals surface area (Å²) in [5, 5.41) is 13.3. The van der Waals surface area contributed by atoms with Gasteiger partial charge in [0.25, 0.3) is 0 Å². The number of rotatable bonds is 3. The van der Waals surface area contributed by atoms with E-state index in [0.29, 0.717) is 23.1 Å². The first-order chi connectivity index (χ1) is 7.63. The van der Waals surface area contributed by atoms with E-state index in [1.54, 1.807) is 12.1 Å². The number of aliphatic carboxylic acids is 1. The van der Waals surface area contributed by atoms with Crippen molar-refractivity contribution in [2.45, 2.75) is 19.9 Å². The third-order valence-electron chi connectivity index (χ3n) is 2.44. The van der Waals surface area contributed by atoms with Crippen LogP contribution in [0.25, 0.3) is 10.9 Å². The molecule has 0 radical (unpaired) electrons. The molecule has 0 atom stereocenters. The highest BCUT2D eigenvalue weighted by atomic mass is 19.1. The molecule has 0 unspecified atom stereocenters. The third-order valence-corrected chi connectivity index (χ3v) is 2.44. The van der Waals surface area contributed by atoms with Crippen molar-refractivity contribution < 1.29 is 14.3 Å². The predicted octanol–water partition coefficient (Wildman–Crippen LogP) is 1.82. The number of aromatic nitrogens is 2. The van der Waals surface area contributed by atoms with E-state index in [9.17, 15) is 9.18 Å². The molecule has 0 saturated heterocycles. The van der Waals surface area contributed by atoms with Crippen LogP contribution in [0.15, 0.2) is 18.2 Å². The molecular formula is C11H11FN2O2. The van der Waals surface area contributed by atoms with Crippen molar-refractivity contribution in [2.24, 2.45) is 0 Å². The molecule has 0 bridgehead atoms. The van der Waals surface area contributed by atoms with Crippen LogP contribution in [0.3, 0.4) is 0 Å². The molecule has 1 heterocycles. The van der Waals surface area contributed by atoms with Crippen LogP contribution in [0.2, 0.25) is 0 Å². The standard InChI is InChI=1S/C11H11FN2O2/c1-2-14-9(6-10(15)16)11-7(12)4-3-5-8(11)13-14/h3-5H,2,6H2,1H3,(H,15,16). The van der Waals surface area contributed by atoms with Crippen LogP contribution < -0.4 is 0 Å². The second-order valence-corrected chi connectivity index (χ2v) is 3.47. The number of carbonyl (C=O) groups is 1. The maximum absolute atomic E-state index is 13.6. The molecule has 0 saturated carbocycles. The Balaban J connectivity index is 2.70. The van der Waals surface area contributed by atoms with Gasteiger partial charge in [0.05, 0.1) is 23.0 Å². The summed E-state index contributed by atoms with van der Waals surface area (Å²) in [5.41, 5.74) is 0.918.